The number of carbonyl (C=O) groups excluding carboxylic acids is 2. The zero-order valence-corrected chi connectivity index (χ0v) is 31.7. The first-order valence-electron chi connectivity index (χ1n) is 19.4. The van der Waals surface area contributed by atoms with Crippen molar-refractivity contribution in [2.45, 2.75) is 125 Å². The van der Waals surface area contributed by atoms with Crippen LogP contribution in [0.1, 0.15) is 110 Å². The number of aliphatic hydroxyl groups excluding tert-OH is 3. The first-order chi connectivity index (χ1) is 23.5. The Morgan fingerprint density at radius 1 is 0.920 bits per heavy atom. The summed E-state index contributed by atoms with van der Waals surface area (Å²) in [6.07, 6.45) is 8.18. The minimum Gasteiger partial charge on any atom is -0.469 e. The Morgan fingerprint density at radius 2 is 1.62 bits per heavy atom. The van der Waals surface area contributed by atoms with Gasteiger partial charge in [-0.05, 0) is 124 Å². The summed E-state index contributed by atoms with van der Waals surface area (Å²) < 4.78 is 5.36. The van der Waals surface area contributed by atoms with E-state index in [2.05, 4.69) is 68.7 Å². The highest BCUT2D eigenvalue weighted by Crippen LogP contribution is 2.75. The number of amides is 1. The van der Waals surface area contributed by atoms with Crippen LogP contribution in [0.15, 0.2) is 35.9 Å². The van der Waals surface area contributed by atoms with Crippen molar-refractivity contribution in [3.63, 3.8) is 0 Å². The van der Waals surface area contributed by atoms with E-state index >= 15 is 0 Å². The standard InChI is InChI=1S/C42H64N2O6/c1-27-9-11-28(12-10-27)25-43-21-8-22-44-35(48)42-19-17-37(2,36(49)50-7)23-30(42)29-13-14-33-38(3)24-31(46)34(47)39(4,26-45)32(38)15-16-41(33,6)40(29,5)18-20-42/h9-13,30-34,43,45-47H,8,14-26H2,1-7H3,(H,44,48)/t30?,31-,32?,33?,34-,37-,38-,39-,40+,41+,42-/m0/s1. The highest BCUT2D eigenvalue weighted by Gasteiger charge is 2.71. The molecule has 1 amide bonds. The van der Waals surface area contributed by atoms with Crippen LogP contribution in [0.2, 0.25) is 0 Å². The first-order valence-corrected chi connectivity index (χ1v) is 19.4. The molecule has 6 rings (SSSR count). The number of hydrogen-bond acceptors (Lipinski definition) is 7. The second kappa shape index (κ2) is 13.3. The van der Waals surface area contributed by atoms with Gasteiger partial charge in [0.2, 0.25) is 5.91 Å². The van der Waals surface area contributed by atoms with Crippen molar-refractivity contribution < 1.29 is 29.6 Å². The lowest BCUT2D eigenvalue weighted by atomic mass is 9.33. The molecular weight excluding hydrogens is 628 g/mol. The fourth-order valence-corrected chi connectivity index (χ4v) is 12.6. The highest BCUT2D eigenvalue weighted by atomic mass is 16.5. The van der Waals surface area contributed by atoms with Gasteiger partial charge in [0.05, 0.1) is 36.8 Å². The number of rotatable bonds is 9. The van der Waals surface area contributed by atoms with Gasteiger partial charge in [0.15, 0.2) is 0 Å². The summed E-state index contributed by atoms with van der Waals surface area (Å²) in [7, 11) is 1.47. The van der Waals surface area contributed by atoms with Crippen LogP contribution in [0.5, 0.6) is 0 Å². The summed E-state index contributed by atoms with van der Waals surface area (Å²) in [5, 5.41) is 39.8. The summed E-state index contributed by atoms with van der Waals surface area (Å²) in [6, 6.07) is 8.55. The predicted octanol–water partition coefficient (Wildman–Crippen LogP) is 5.85. The molecule has 50 heavy (non-hydrogen) atoms. The van der Waals surface area contributed by atoms with E-state index in [0.717, 1.165) is 51.6 Å². The maximum absolute atomic E-state index is 14.5. The van der Waals surface area contributed by atoms with Gasteiger partial charge in [0.25, 0.3) is 0 Å². The second-order valence-corrected chi connectivity index (χ2v) is 18.4. The third-order valence-electron chi connectivity index (χ3n) is 15.9. The van der Waals surface area contributed by atoms with Gasteiger partial charge in [-0.15, -0.1) is 0 Å². The number of fused-ring (bicyclic) bond motifs is 7. The molecule has 1 aromatic rings. The average Bonchev–Trinajstić information content (AvgIpc) is 3.09. The summed E-state index contributed by atoms with van der Waals surface area (Å²) in [5.41, 5.74) is 1.30. The summed E-state index contributed by atoms with van der Waals surface area (Å²) in [4.78, 5) is 27.8. The molecule has 0 aliphatic heterocycles. The zero-order valence-electron chi connectivity index (χ0n) is 31.7. The van der Waals surface area contributed by atoms with E-state index in [4.69, 9.17) is 4.74 Å². The van der Waals surface area contributed by atoms with Gasteiger partial charge in [0, 0.05) is 18.5 Å². The molecule has 4 fully saturated rings. The molecule has 8 heteroatoms. The quantitative estimate of drug-likeness (QED) is 0.125. The Hall–Kier alpha value is -2.26. The van der Waals surface area contributed by atoms with Gasteiger partial charge in [-0.25, -0.2) is 0 Å². The van der Waals surface area contributed by atoms with Gasteiger partial charge < -0.3 is 30.7 Å². The molecule has 8 nitrogen and oxygen atoms in total. The molecule has 0 heterocycles. The Bertz CT molecular complexity index is 1480. The molecule has 3 unspecified atom stereocenters. The first kappa shape index (κ1) is 37.5. The van der Waals surface area contributed by atoms with Crippen molar-refractivity contribution in [1.82, 2.24) is 10.6 Å². The number of ether oxygens (including phenoxy) is 1. The molecule has 0 bridgehead atoms. The van der Waals surface area contributed by atoms with E-state index in [1.54, 1.807) is 0 Å². The van der Waals surface area contributed by atoms with Crippen LogP contribution < -0.4 is 10.6 Å². The average molecular weight is 693 g/mol. The maximum Gasteiger partial charge on any atom is 0.311 e. The molecule has 0 radical (unpaired) electrons. The molecule has 0 saturated heterocycles. The zero-order chi connectivity index (χ0) is 36.3. The van der Waals surface area contributed by atoms with E-state index in [1.165, 1.54) is 23.8 Å². The molecule has 5 aliphatic carbocycles. The smallest absolute Gasteiger partial charge is 0.311 e. The topological polar surface area (TPSA) is 128 Å². The lowest BCUT2D eigenvalue weighted by molar-refractivity contribution is -0.243. The molecule has 0 aromatic heterocycles. The van der Waals surface area contributed by atoms with Crippen LogP contribution in [-0.2, 0) is 20.9 Å². The third-order valence-corrected chi connectivity index (χ3v) is 15.9. The number of aliphatic hydroxyl groups is 3. The van der Waals surface area contributed by atoms with Crippen molar-refractivity contribution in [3.05, 3.63) is 47.0 Å². The van der Waals surface area contributed by atoms with Crippen molar-refractivity contribution in [2.75, 3.05) is 26.8 Å². The molecule has 5 aliphatic rings. The Kier molecular flexibility index (Phi) is 9.98. The lowest BCUT2D eigenvalue weighted by Crippen LogP contribution is -2.68. The SMILES string of the molecule is COC(=O)[C@@]1(C)CC[C@]2(C(=O)NCCCNCc3ccc(C)cc3)CC[C@]3(C)C(=CCC4[C@@]5(C)C[C@H](O)[C@H](O)[C@@](C)(CO)C5CC[C@]43C)C2C1. The van der Waals surface area contributed by atoms with Gasteiger partial charge >= 0.3 is 5.97 Å². The number of hydrogen-bond donors (Lipinski definition) is 5. The van der Waals surface area contributed by atoms with Crippen LogP contribution in [0, 0.1) is 57.2 Å². The van der Waals surface area contributed by atoms with E-state index in [1.807, 2.05) is 13.8 Å². The van der Waals surface area contributed by atoms with Crippen molar-refractivity contribution in [2.24, 2.45) is 50.2 Å². The maximum atomic E-state index is 14.5. The second-order valence-electron chi connectivity index (χ2n) is 18.4. The summed E-state index contributed by atoms with van der Waals surface area (Å²) >= 11 is 0. The molecule has 11 atom stereocenters. The largest absolute Gasteiger partial charge is 0.469 e. The fraction of sp³-hybridized carbons (Fsp3) is 0.762. The minimum atomic E-state index is -0.948. The van der Waals surface area contributed by atoms with Gasteiger partial charge in [-0.1, -0.05) is 69.2 Å². The van der Waals surface area contributed by atoms with Gasteiger partial charge in [0.1, 0.15) is 0 Å². The molecule has 1 aromatic carbocycles. The monoisotopic (exact) mass is 692 g/mol. The van der Waals surface area contributed by atoms with Crippen LogP contribution in [0.3, 0.4) is 0 Å². The van der Waals surface area contributed by atoms with Crippen molar-refractivity contribution >= 4 is 11.9 Å². The fourth-order valence-electron chi connectivity index (χ4n) is 12.6. The van der Waals surface area contributed by atoms with Crippen LogP contribution in [-0.4, -0.2) is 66.2 Å². The minimum absolute atomic E-state index is 0.0662. The number of esters is 1. The normalized spacial score (nSPS) is 43.7. The van der Waals surface area contributed by atoms with Crippen molar-refractivity contribution in [1.29, 1.82) is 0 Å². The summed E-state index contributed by atoms with van der Waals surface area (Å²) in [6.45, 7) is 15.3. The summed E-state index contributed by atoms with van der Waals surface area (Å²) in [5.74, 6) is 0.211. The number of aryl methyl sites for hydroxylation is 1. The number of benzene rings is 1. The van der Waals surface area contributed by atoms with Crippen LogP contribution in [0.25, 0.3) is 0 Å². The molecule has 4 saturated carbocycles. The highest BCUT2D eigenvalue weighted by molar-refractivity contribution is 5.85. The number of nitrogens with one attached hydrogen (secondary N) is 2. The third kappa shape index (κ3) is 5.61. The number of allylic oxidation sites excluding steroid dienone is 2. The number of methoxy groups -OCH3 is 1. The van der Waals surface area contributed by atoms with E-state index < -0.39 is 28.5 Å². The Morgan fingerprint density at radius 3 is 2.30 bits per heavy atom. The van der Waals surface area contributed by atoms with Crippen LogP contribution in [0.4, 0.5) is 0 Å². The molecule has 278 valence electrons. The van der Waals surface area contributed by atoms with E-state index in [-0.39, 0.29) is 52.5 Å². The number of carbonyl (C=O) groups is 2. The molecule has 5 N–H and O–H groups in total. The van der Waals surface area contributed by atoms with Gasteiger partial charge in [-0.3, -0.25) is 9.59 Å². The Balaban J connectivity index is 1.26. The van der Waals surface area contributed by atoms with Crippen LogP contribution >= 0.6 is 0 Å². The lowest BCUT2D eigenvalue weighted by Gasteiger charge is -2.71. The van der Waals surface area contributed by atoms with Crippen molar-refractivity contribution in [3.8, 4) is 0 Å². The van der Waals surface area contributed by atoms with Gasteiger partial charge in [-0.2, -0.15) is 0 Å². The van der Waals surface area contributed by atoms with E-state index in [9.17, 15) is 24.9 Å². The Labute approximate surface area is 300 Å². The predicted molar refractivity (Wildman–Crippen MR) is 195 cm³/mol. The molecular formula is C42H64N2O6. The van der Waals surface area contributed by atoms with E-state index in [0.29, 0.717) is 32.2 Å². The molecule has 0 spiro atoms.